The highest BCUT2D eigenvalue weighted by Crippen LogP contribution is 2.19. The van der Waals surface area contributed by atoms with Crippen molar-refractivity contribution in [1.29, 1.82) is 0 Å². The van der Waals surface area contributed by atoms with Gasteiger partial charge in [-0.15, -0.1) is 0 Å². The van der Waals surface area contributed by atoms with E-state index in [-0.39, 0.29) is 0 Å². The van der Waals surface area contributed by atoms with Gasteiger partial charge in [0.2, 0.25) is 0 Å². The summed E-state index contributed by atoms with van der Waals surface area (Å²) in [6.07, 6.45) is 34.2. The zero-order valence-electron chi connectivity index (χ0n) is 23.4. The first-order chi connectivity index (χ1) is 16.2. The van der Waals surface area contributed by atoms with Crippen LogP contribution < -0.4 is 0 Å². The Labute approximate surface area is 210 Å². The highest BCUT2D eigenvalue weighted by Gasteiger charge is 2.36. The zero-order valence-corrected chi connectivity index (χ0v) is 24.4. The molecule has 0 amide bonds. The van der Waals surface area contributed by atoms with Crippen LogP contribution in [0.15, 0.2) is 0 Å². The Morgan fingerprint density at radius 1 is 0.333 bits per heavy atom. The van der Waals surface area contributed by atoms with Crippen LogP contribution >= 0.6 is 0 Å². The van der Waals surface area contributed by atoms with Crippen molar-refractivity contribution in [2.24, 2.45) is 0 Å². The molecule has 0 aliphatic carbocycles. The molecule has 0 aliphatic heterocycles. The number of unbranched alkanes of at least 4 members (excludes halogenated alkanes) is 23. The van der Waals surface area contributed by atoms with E-state index in [0.717, 1.165) is 12.5 Å². The summed E-state index contributed by atoms with van der Waals surface area (Å²) >= 11 is 0. The second-order valence-corrected chi connectivity index (χ2v) is 13.3. The lowest BCUT2D eigenvalue weighted by Gasteiger charge is -2.24. The Morgan fingerprint density at radius 2 is 0.545 bits per heavy atom. The topological polar surface area (TPSA) is 27.7 Å². The fourth-order valence-electron chi connectivity index (χ4n) is 4.86. The smallest absolute Gasteiger partial charge is 0.377 e. The van der Waals surface area contributed by atoms with Crippen molar-refractivity contribution in [3.8, 4) is 0 Å². The highest BCUT2D eigenvalue weighted by atomic mass is 28.4. The first kappa shape index (κ1) is 33.1. The summed E-state index contributed by atoms with van der Waals surface area (Å²) in [5.74, 6) is 0. The maximum Gasteiger partial charge on any atom is 0.500 e. The van der Waals surface area contributed by atoms with Crippen molar-refractivity contribution in [2.75, 3.05) is 21.3 Å². The van der Waals surface area contributed by atoms with E-state index in [1.54, 1.807) is 21.3 Å². The summed E-state index contributed by atoms with van der Waals surface area (Å²) in [6, 6.07) is 0.940. The molecule has 0 aromatic rings. The van der Waals surface area contributed by atoms with Gasteiger partial charge in [-0.05, 0) is 6.42 Å². The summed E-state index contributed by atoms with van der Waals surface area (Å²) in [5.41, 5.74) is 0. The fourth-order valence-corrected chi connectivity index (χ4v) is 6.66. The molecule has 33 heavy (non-hydrogen) atoms. The van der Waals surface area contributed by atoms with Crippen LogP contribution in [-0.2, 0) is 13.3 Å². The lowest BCUT2D eigenvalue weighted by molar-refractivity contribution is 0.122. The normalized spacial score (nSPS) is 12.0. The van der Waals surface area contributed by atoms with Crippen LogP contribution in [-0.4, -0.2) is 30.1 Å². The summed E-state index contributed by atoms with van der Waals surface area (Å²) in [4.78, 5) is 0. The molecule has 0 bridgehead atoms. The highest BCUT2D eigenvalue weighted by molar-refractivity contribution is 6.60. The Morgan fingerprint density at radius 3 is 0.758 bits per heavy atom. The molecule has 0 saturated heterocycles. The predicted octanol–water partition coefficient (Wildman–Crippen LogP) is 10.2. The molecular weight excluding hydrogens is 424 g/mol. The van der Waals surface area contributed by atoms with Gasteiger partial charge < -0.3 is 13.3 Å². The first-order valence-electron chi connectivity index (χ1n) is 14.9. The quantitative estimate of drug-likeness (QED) is 0.0813. The molecule has 0 N–H and O–H groups in total. The minimum absolute atomic E-state index is 0.940. The van der Waals surface area contributed by atoms with Crippen LogP contribution in [0, 0.1) is 0 Å². The van der Waals surface area contributed by atoms with Gasteiger partial charge in [0.1, 0.15) is 0 Å². The molecule has 0 radical (unpaired) electrons. The molecule has 0 aliphatic rings. The van der Waals surface area contributed by atoms with Crippen LogP contribution in [0.1, 0.15) is 161 Å². The molecule has 3 nitrogen and oxygen atoms in total. The maximum absolute atomic E-state index is 5.48. The van der Waals surface area contributed by atoms with Crippen LogP contribution in [0.5, 0.6) is 0 Å². The van der Waals surface area contributed by atoms with E-state index in [4.69, 9.17) is 13.3 Å². The van der Waals surface area contributed by atoms with E-state index in [1.165, 1.54) is 148 Å². The lowest BCUT2D eigenvalue weighted by atomic mass is 10.0. The Kier molecular flexibility index (Phi) is 26.8. The zero-order chi connectivity index (χ0) is 24.3. The van der Waals surface area contributed by atoms with Crippen molar-refractivity contribution >= 4 is 8.80 Å². The minimum Gasteiger partial charge on any atom is -0.377 e. The number of hydrogen-bond donors (Lipinski definition) is 0. The Bertz CT molecular complexity index is 353. The second-order valence-electron chi connectivity index (χ2n) is 10.2. The van der Waals surface area contributed by atoms with E-state index in [2.05, 4.69) is 6.92 Å². The molecule has 0 aromatic carbocycles. The van der Waals surface area contributed by atoms with Crippen LogP contribution in [0.3, 0.4) is 0 Å². The van der Waals surface area contributed by atoms with Crippen molar-refractivity contribution in [3.63, 3.8) is 0 Å². The van der Waals surface area contributed by atoms with Crippen LogP contribution in [0.4, 0.5) is 0 Å². The van der Waals surface area contributed by atoms with Gasteiger partial charge >= 0.3 is 8.80 Å². The number of rotatable bonds is 28. The molecule has 0 spiro atoms. The van der Waals surface area contributed by atoms with E-state index in [9.17, 15) is 0 Å². The van der Waals surface area contributed by atoms with Gasteiger partial charge in [-0.25, -0.2) is 0 Å². The monoisotopic (exact) mass is 486 g/mol. The molecule has 0 saturated carbocycles. The first-order valence-corrected chi connectivity index (χ1v) is 16.8. The van der Waals surface area contributed by atoms with Gasteiger partial charge in [-0.1, -0.05) is 155 Å². The van der Waals surface area contributed by atoms with Gasteiger partial charge in [-0.2, -0.15) is 0 Å². The molecule has 0 atom stereocenters. The second kappa shape index (κ2) is 26.7. The van der Waals surface area contributed by atoms with Gasteiger partial charge in [0, 0.05) is 27.4 Å². The lowest BCUT2D eigenvalue weighted by Crippen LogP contribution is -2.42. The molecule has 0 fully saturated rings. The van der Waals surface area contributed by atoms with Crippen LogP contribution in [0.2, 0.25) is 6.04 Å². The van der Waals surface area contributed by atoms with E-state index in [0.29, 0.717) is 0 Å². The predicted molar refractivity (Wildman–Crippen MR) is 148 cm³/mol. The largest absolute Gasteiger partial charge is 0.500 e. The average Bonchev–Trinajstić information content (AvgIpc) is 2.84. The summed E-state index contributed by atoms with van der Waals surface area (Å²) < 4.78 is 16.4. The standard InChI is InChI=1S/C29H62O3Si/c1-5-6-7-8-9-10-11-12-13-14-15-16-17-18-19-20-21-22-23-24-25-26-27-28-29-33(30-2,31-3)32-4/h5-29H2,1-4H3. The van der Waals surface area contributed by atoms with Crippen molar-refractivity contribution in [1.82, 2.24) is 0 Å². The molecule has 0 aromatic heterocycles. The molecule has 0 unspecified atom stereocenters. The van der Waals surface area contributed by atoms with Gasteiger partial charge in [-0.3, -0.25) is 0 Å². The maximum atomic E-state index is 5.48. The van der Waals surface area contributed by atoms with E-state index in [1.807, 2.05) is 0 Å². The minimum atomic E-state index is -2.34. The van der Waals surface area contributed by atoms with Gasteiger partial charge in [0.25, 0.3) is 0 Å². The Hall–Kier alpha value is 0.0969. The molecule has 200 valence electrons. The van der Waals surface area contributed by atoms with E-state index >= 15 is 0 Å². The van der Waals surface area contributed by atoms with Crippen LogP contribution in [0.25, 0.3) is 0 Å². The summed E-state index contributed by atoms with van der Waals surface area (Å²) in [6.45, 7) is 2.30. The van der Waals surface area contributed by atoms with E-state index < -0.39 is 8.80 Å². The third-order valence-electron chi connectivity index (χ3n) is 7.27. The number of hydrogen-bond acceptors (Lipinski definition) is 3. The third kappa shape index (κ3) is 22.3. The molecule has 4 heteroatoms. The SMILES string of the molecule is CCCCCCCCCCCCCCCCCCCCCCCCCC[Si](OC)(OC)OC. The molecule has 0 heterocycles. The fraction of sp³-hybridized carbons (Fsp3) is 1.00. The summed E-state index contributed by atoms with van der Waals surface area (Å²) in [5, 5.41) is 0. The molecular formula is C29H62O3Si. The Balaban J connectivity index is 3.15. The average molecular weight is 487 g/mol. The summed E-state index contributed by atoms with van der Waals surface area (Å²) in [7, 11) is 2.78. The van der Waals surface area contributed by atoms with Crippen molar-refractivity contribution in [3.05, 3.63) is 0 Å². The van der Waals surface area contributed by atoms with Crippen molar-refractivity contribution < 1.29 is 13.3 Å². The van der Waals surface area contributed by atoms with Gasteiger partial charge in [0.15, 0.2) is 0 Å². The molecule has 0 rings (SSSR count). The third-order valence-corrected chi connectivity index (χ3v) is 10.1. The van der Waals surface area contributed by atoms with Gasteiger partial charge in [0.05, 0.1) is 0 Å². The van der Waals surface area contributed by atoms with Crippen molar-refractivity contribution in [2.45, 2.75) is 167 Å².